The second-order valence-electron chi connectivity index (χ2n) is 6.01. The Morgan fingerprint density at radius 3 is 3.05 bits per heavy atom. The molecule has 0 aromatic heterocycles. The van der Waals surface area contributed by atoms with Crippen molar-refractivity contribution in [2.24, 2.45) is 5.92 Å². The van der Waals surface area contributed by atoms with Crippen molar-refractivity contribution in [3.05, 3.63) is 29.8 Å². The fourth-order valence-corrected chi connectivity index (χ4v) is 3.38. The molecule has 0 spiro atoms. The Morgan fingerprint density at radius 1 is 1.33 bits per heavy atom. The van der Waals surface area contributed by atoms with Gasteiger partial charge in [-0.2, -0.15) is 0 Å². The molecule has 114 valence electrons. The van der Waals surface area contributed by atoms with Crippen molar-refractivity contribution in [2.75, 3.05) is 18.5 Å². The number of hydrogen-bond acceptors (Lipinski definition) is 3. The van der Waals surface area contributed by atoms with Crippen molar-refractivity contribution < 1.29 is 9.53 Å². The summed E-state index contributed by atoms with van der Waals surface area (Å²) < 4.78 is 5.72. The lowest BCUT2D eigenvalue weighted by Crippen LogP contribution is -2.43. The van der Waals surface area contributed by atoms with E-state index in [1.807, 2.05) is 18.2 Å². The molecule has 2 aliphatic rings. The standard InChI is InChI=1S/C17H24N2O2/c1-2-16-13(9-10-21-16)11-18-15-8-7-12-5-3-4-6-14(12)19-17(15)20/h3-6,13,15-16,18H,2,7-11H2,1H3,(H,19,20). The lowest BCUT2D eigenvalue weighted by atomic mass is 9.98. The first-order valence-corrected chi connectivity index (χ1v) is 8.01. The van der Waals surface area contributed by atoms with Crippen LogP contribution in [0.15, 0.2) is 24.3 Å². The predicted molar refractivity (Wildman–Crippen MR) is 83.3 cm³/mol. The van der Waals surface area contributed by atoms with Crippen LogP contribution in [0.4, 0.5) is 5.69 Å². The molecular formula is C17H24N2O2. The molecule has 2 N–H and O–H groups in total. The van der Waals surface area contributed by atoms with E-state index in [2.05, 4.69) is 23.6 Å². The van der Waals surface area contributed by atoms with Crippen LogP contribution in [0.5, 0.6) is 0 Å². The molecule has 3 rings (SSSR count). The molecule has 0 bridgehead atoms. The fraction of sp³-hybridized carbons (Fsp3) is 0.588. The average Bonchev–Trinajstić information content (AvgIpc) is 2.89. The van der Waals surface area contributed by atoms with Gasteiger partial charge in [0, 0.05) is 18.8 Å². The van der Waals surface area contributed by atoms with Crippen LogP contribution >= 0.6 is 0 Å². The summed E-state index contributed by atoms with van der Waals surface area (Å²) in [7, 11) is 0. The van der Waals surface area contributed by atoms with Crippen molar-refractivity contribution in [1.29, 1.82) is 0 Å². The molecule has 1 aromatic carbocycles. The van der Waals surface area contributed by atoms with E-state index in [4.69, 9.17) is 4.74 Å². The SMILES string of the molecule is CCC1OCCC1CNC1CCc2ccccc2NC1=O. The molecule has 21 heavy (non-hydrogen) atoms. The number of para-hydroxylation sites is 1. The van der Waals surface area contributed by atoms with Crippen LogP contribution in [0.3, 0.4) is 0 Å². The quantitative estimate of drug-likeness (QED) is 0.894. The number of hydrogen-bond donors (Lipinski definition) is 2. The summed E-state index contributed by atoms with van der Waals surface area (Å²) >= 11 is 0. The first kappa shape index (κ1) is 14.5. The van der Waals surface area contributed by atoms with Crippen molar-refractivity contribution in [1.82, 2.24) is 5.32 Å². The average molecular weight is 288 g/mol. The highest BCUT2D eigenvalue weighted by Gasteiger charge is 2.29. The molecule has 4 heteroatoms. The number of anilines is 1. The third-order valence-electron chi connectivity index (χ3n) is 4.67. The molecule has 0 saturated carbocycles. The Labute approximate surface area is 126 Å². The molecule has 1 amide bonds. The maximum absolute atomic E-state index is 12.3. The Kier molecular flexibility index (Phi) is 4.56. The van der Waals surface area contributed by atoms with Gasteiger partial charge in [0.25, 0.3) is 0 Å². The van der Waals surface area contributed by atoms with E-state index in [1.165, 1.54) is 5.56 Å². The second kappa shape index (κ2) is 6.58. The van der Waals surface area contributed by atoms with E-state index in [-0.39, 0.29) is 11.9 Å². The summed E-state index contributed by atoms with van der Waals surface area (Å²) in [6.07, 6.45) is 4.29. The van der Waals surface area contributed by atoms with Crippen molar-refractivity contribution in [3.8, 4) is 0 Å². The Balaban J connectivity index is 1.58. The highest BCUT2D eigenvalue weighted by molar-refractivity contribution is 5.96. The zero-order valence-corrected chi connectivity index (χ0v) is 12.6. The second-order valence-corrected chi connectivity index (χ2v) is 6.01. The van der Waals surface area contributed by atoms with Crippen LogP contribution in [-0.4, -0.2) is 31.2 Å². The van der Waals surface area contributed by atoms with Crippen LogP contribution in [0.1, 0.15) is 31.7 Å². The highest BCUT2D eigenvalue weighted by atomic mass is 16.5. The number of nitrogens with one attached hydrogen (secondary N) is 2. The van der Waals surface area contributed by atoms with Crippen LogP contribution < -0.4 is 10.6 Å². The summed E-state index contributed by atoms with van der Waals surface area (Å²) in [6, 6.07) is 7.97. The third-order valence-corrected chi connectivity index (χ3v) is 4.67. The largest absolute Gasteiger partial charge is 0.378 e. The van der Waals surface area contributed by atoms with Crippen LogP contribution in [0, 0.1) is 5.92 Å². The molecule has 0 radical (unpaired) electrons. The van der Waals surface area contributed by atoms with Crippen molar-refractivity contribution >= 4 is 11.6 Å². The Bertz CT molecular complexity index is 503. The lowest BCUT2D eigenvalue weighted by Gasteiger charge is -2.21. The minimum atomic E-state index is -0.101. The van der Waals surface area contributed by atoms with E-state index < -0.39 is 0 Å². The number of benzene rings is 1. The van der Waals surface area contributed by atoms with Gasteiger partial charge >= 0.3 is 0 Å². The molecule has 2 aliphatic heterocycles. The minimum Gasteiger partial charge on any atom is -0.378 e. The van der Waals surface area contributed by atoms with Gasteiger partial charge in [0.15, 0.2) is 0 Å². The van der Waals surface area contributed by atoms with Gasteiger partial charge in [-0.15, -0.1) is 0 Å². The van der Waals surface area contributed by atoms with Gasteiger partial charge in [-0.3, -0.25) is 4.79 Å². The van der Waals surface area contributed by atoms with Crippen molar-refractivity contribution in [3.63, 3.8) is 0 Å². The van der Waals surface area contributed by atoms with E-state index in [0.29, 0.717) is 12.0 Å². The number of aryl methyl sites for hydroxylation is 1. The number of fused-ring (bicyclic) bond motifs is 1. The summed E-state index contributed by atoms with van der Waals surface area (Å²) in [4.78, 5) is 12.3. The molecule has 1 fully saturated rings. The lowest BCUT2D eigenvalue weighted by molar-refractivity contribution is -0.118. The van der Waals surface area contributed by atoms with E-state index in [9.17, 15) is 4.79 Å². The maximum atomic E-state index is 12.3. The molecule has 3 unspecified atom stereocenters. The number of carbonyl (C=O) groups excluding carboxylic acids is 1. The minimum absolute atomic E-state index is 0.0897. The molecule has 0 aliphatic carbocycles. The number of ether oxygens (including phenoxy) is 1. The smallest absolute Gasteiger partial charge is 0.241 e. The number of amides is 1. The summed E-state index contributed by atoms with van der Waals surface area (Å²) in [5, 5.41) is 6.50. The molecule has 2 heterocycles. The van der Waals surface area contributed by atoms with Crippen LogP contribution in [0.2, 0.25) is 0 Å². The third kappa shape index (κ3) is 3.27. The van der Waals surface area contributed by atoms with Gasteiger partial charge in [-0.1, -0.05) is 25.1 Å². The first-order chi connectivity index (χ1) is 10.3. The highest BCUT2D eigenvalue weighted by Crippen LogP contribution is 2.24. The van der Waals surface area contributed by atoms with E-state index in [0.717, 1.165) is 44.5 Å². The maximum Gasteiger partial charge on any atom is 0.241 e. The monoisotopic (exact) mass is 288 g/mol. The van der Waals surface area contributed by atoms with Gasteiger partial charge < -0.3 is 15.4 Å². The molecule has 3 atom stereocenters. The van der Waals surface area contributed by atoms with Crippen LogP contribution in [-0.2, 0) is 16.0 Å². The van der Waals surface area contributed by atoms with Gasteiger partial charge in [0.2, 0.25) is 5.91 Å². The summed E-state index contributed by atoms with van der Waals surface area (Å²) in [5.74, 6) is 0.625. The Morgan fingerprint density at radius 2 is 2.19 bits per heavy atom. The molecular weight excluding hydrogens is 264 g/mol. The molecule has 4 nitrogen and oxygen atoms in total. The topological polar surface area (TPSA) is 50.4 Å². The first-order valence-electron chi connectivity index (χ1n) is 8.01. The summed E-state index contributed by atoms with van der Waals surface area (Å²) in [5.41, 5.74) is 2.19. The Hall–Kier alpha value is -1.39. The zero-order valence-electron chi connectivity index (χ0n) is 12.6. The zero-order chi connectivity index (χ0) is 14.7. The van der Waals surface area contributed by atoms with E-state index >= 15 is 0 Å². The van der Waals surface area contributed by atoms with Gasteiger partial charge in [0.1, 0.15) is 0 Å². The van der Waals surface area contributed by atoms with Gasteiger partial charge in [-0.25, -0.2) is 0 Å². The molecule has 1 aromatic rings. The van der Waals surface area contributed by atoms with Crippen LogP contribution in [0.25, 0.3) is 0 Å². The molecule has 1 saturated heterocycles. The normalized spacial score (nSPS) is 28.8. The van der Waals surface area contributed by atoms with Crippen molar-refractivity contribution in [2.45, 2.75) is 44.8 Å². The van der Waals surface area contributed by atoms with E-state index in [1.54, 1.807) is 0 Å². The van der Waals surface area contributed by atoms with Gasteiger partial charge in [-0.05, 0) is 43.2 Å². The predicted octanol–water partition coefficient (Wildman–Crippen LogP) is 2.34. The number of carbonyl (C=O) groups is 1. The summed E-state index contributed by atoms with van der Waals surface area (Å²) in [6.45, 7) is 3.89. The fourth-order valence-electron chi connectivity index (χ4n) is 3.38. The van der Waals surface area contributed by atoms with Gasteiger partial charge in [0.05, 0.1) is 12.1 Å². The number of rotatable bonds is 4.